The lowest BCUT2D eigenvalue weighted by Gasteiger charge is -2.02. The molecule has 2 heterocycles. The fraction of sp³-hybridized carbons (Fsp3) is 0.133. The number of halogens is 1. The molecule has 3 N–H and O–H groups in total. The average Bonchev–Trinajstić information content (AvgIpc) is 3.10. The molecule has 1 aromatic carbocycles. The van der Waals surface area contributed by atoms with Gasteiger partial charge in [-0.05, 0) is 37.3 Å². The van der Waals surface area contributed by atoms with Gasteiger partial charge in [-0.15, -0.1) is 11.3 Å². The molecule has 0 aliphatic rings. The molecule has 2 aromatic heterocycles. The number of rotatable bonds is 4. The van der Waals surface area contributed by atoms with Gasteiger partial charge in [-0.25, -0.2) is 4.39 Å². The van der Waals surface area contributed by atoms with Crippen LogP contribution in [0, 0.1) is 5.82 Å². The van der Waals surface area contributed by atoms with Crippen molar-refractivity contribution < 1.29 is 14.0 Å². The molecule has 0 aliphatic heterocycles. The Morgan fingerprint density at radius 3 is 2.70 bits per heavy atom. The maximum atomic E-state index is 12.9. The number of nitrogens with one attached hydrogen (secondary N) is 3. The number of thiophene rings is 1. The van der Waals surface area contributed by atoms with Crippen molar-refractivity contribution in [3.8, 4) is 0 Å². The Hall–Kier alpha value is -2.74. The zero-order valence-corrected chi connectivity index (χ0v) is 13.0. The summed E-state index contributed by atoms with van der Waals surface area (Å²) in [5.41, 5.74) is 0.327. The van der Waals surface area contributed by atoms with E-state index < -0.39 is 5.82 Å². The van der Waals surface area contributed by atoms with Crippen LogP contribution in [0.4, 0.5) is 10.2 Å². The van der Waals surface area contributed by atoms with Crippen LogP contribution in [0.1, 0.15) is 27.0 Å². The lowest BCUT2D eigenvalue weighted by molar-refractivity contribution is 0.0959. The predicted octanol–water partition coefficient (Wildman–Crippen LogP) is 2.77. The Morgan fingerprint density at radius 1 is 1.26 bits per heavy atom. The summed E-state index contributed by atoms with van der Waals surface area (Å²) in [7, 11) is 0. The molecule has 3 rings (SSSR count). The largest absolute Gasteiger partial charge is 0.352 e. The molecule has 0 atom stereocenters. The van der Waals surface area contributed by atoms with Gasteiger partial charge in [0.1, 0.15) is 16.5 Å². The molecule has 0 unspecified atom stereocenters. The van der Waals surface area contributed by atoms with E-state index in [0.717, 1.165) is 0 Å². The highest BCUT2D eigenvalue weighted by Gasteiger charge is 2.16. The summed E-state index contributed by atoms with van der Waals surface area (Å²) < 4.78 is 12.9. The number of carbonyl (C=O) groups excluding carboxylic acids is 2. The van der Waals surface area contributed by atoms with E-state index in [1.54, 1.807) is 6.07 Å². The normalized spacial score (nSPS) is 10.7. The Bertz CT molecular complexity index is 869. The standard InChI is InChI=1S/C15H13FN4O2S/c1-2-17-14(22)11-7-10-12(19-20-15(10)23-11)18-13(21)8-3-5-9(16)6-4-8/h3-7H,2H2,1H3,(H,17,22)(H2,18,19,20,21). The van der Waals surface area contributed by atoms with Crippen LogP contribution in [-0.4, -0.2) is 28.6 Å². The van der Waals surface area contributed by atoms with Gasteiger partial charge in [0, 0.05) is 12.1 Å². The van der Waals surface area contributed by atoms with Crippen LogP contribution in [-0.2, 0) is 0 Å². The van der Waals surface area contributed by atoms with E-state index in [-0.39, 0.29) is 11.8 Å². The first-order chi connectivity index (χ1) is 11.1. The average molecular weight is 332 g/mol. The van der Waals surface area contributed by atoms with Crippen LogP contribution >= 0.6 is 11.3 Å². The molecule has 6 nitrogen and oxygen atoms in total. The highest BCUT2D eigenvalue weighted by atomic mass is 32.1. The molecule has 8 heteroatoms. The molecular formula is C15H13FN4O2S. The number of H-pyrrole nitrogens is 1. The highest BCUT2D eigenvalue weighted by Crippen LogP contribution is 2.29. The Labute approximate surface area is 134 Å². The van der Waals surface area contributed by atoms with Gasteiger partial charge >= 0.3 is 0 Å². The third-order valence-corrected chi connectivity index (χ3v) is 4.18. The first-order valence-electron chi connectivity index (χ1n) is 6.91. The van der Waals surface area contributed by atoms with Crippen LogP contribution in [0.5, 0.6) is 0 Å². The van der Waals surface area contributed by atoms with E-state index in [0.29, 0.717) is 33.0 Å². The minimum Gasteiger partial charge on any atom is -0.352 e. The van der Waals surface area contributed by atoms with Gasteiger partial charge in [0.05, 0.1) is 10.3 Å². The molecule has 23 heavy (non-hydrogen) atoms. The topological polar surface area (TPSA) is 86.9 Å². The molecule has 0 fully saturated rings. The number of carbonyl (C=O) groups is 2. The molecule has 0 radical (unpaired) electrons. The molecule has 0 aliphatic carbocycles. The number of aromatic amines is 1. The molecule has 0 bridgehead atoms. The van der Waals surface area contributed by atoms with Gasteiger partial charge in [0.25, 0.3) is 11.8 Å². The van der Waals surface area contributed by atoms with Gasteiger partial charge in [0.2, 0.25) is 0 Å². The minimum absolute atomic E-state index is 0.175. The number of nitrogens with zero attached hydrogens (tertiary/aromatic N) is 1. The molecule has 0 saturated carbocycles. The van der Waals surface area contributed by atoms with Gasteiger partial charge in [0.15, 0.2) is 0 Å². The highest BCUT2D eigenvalue weighted by molar-refractivity contribution is 7.20. The van der Waals surface area contributed by atoms with Gasteiger partial charge in [-0.2, -0.15) is 5.10 Å². The van der Waals surface area contributed by atoms with Crippen LogP contribution in [0.15, 0.2) is 30.3 Å². The third-order valence-electron chi connectivity index (χ3n) is 3.16. The number of fused-ring (bicyclic) bond motifs is 1. The van der Waals surface area contributed by atoms with Crippen LogP contribution < -0.4 is 10.6 Å². The van der Waals surface area contributed by atoms with E-state index in [4.69, 9.17) is 0 Å². The first kappa shape index (κ1) is 15.2. The number of anilines is 1. The quantitative estimate of drug-likeness (QED) is 0.686. The number of hydrogen-bond donors (Lipinski definition) is 3. The zero-order chi connectivity index (χ0) is 16.4. The zero-order valence-electron chi connectivity index (χ0n) is 12.1. The fourth-order valence-electron chi connectivity index (χ4n) is 2.05. The number of amides is 2. The van der Waals surface area contributed by atoms with Crippen LogP contribution in [0.3, 0.4) is 0 Å². The van der Waals surface area contributed by atoms with Crippen molar-refractivity contribution in [2.75, 3.05) is 11.9 Å². The van der Waals surface area contributed by atoms with Crippen LogP contribution in [0.2, 0.25) is 0 Å². The van der Waals surface area contributed by atoms with Crippen molar-refractivity contribution in [2.45, 2.75) is 6.92 Å². The first-order valence-corrected chi connectivity index (χ1v) is 7.73. The van der Waals surface area contributed by atoms with Crippen molar-refractivity contribution >= 4 is 39.2 Å². The smallest absolute Gasteiger partial charge is 0.261 e. The molecule has 0 spiro atoms. The van der Waals surface area contributed by atoms with Crippen molar-refractivity contribution in [3.63, 3.8) is 0 Å². The molecule has 3 aromatic rings. The Morgan fingerprint density at radius 2 is 2.00 bits per heavy atom. The Kier molecular flexibility index (Phi) is 4.07. The molecule has 118 valence electrons. The van der Waals surface area contributed by atoms with E-state index in [2.05, 4.69) is 20.8 Å². The fourth-order valence-corrected chi connectivity index (χ4v) is 2.96. The maximum absolute atomic E-state index is 12.9. The molecule has 2 amide bonds. The Balaban J connectivity index is 1.84. The van der Waals surface area contributed by atoms with Gasteiger partial charge in [-0.1, -0.05) is 0 Å². The lowest BCUT2D eigenvalue weighted by atomic mass is 10.2. The molecule has 0 saturated heterocycles. The van der Waals surface area contributed by atoms with Crippen molar-refractivity contribution in [3.05, 3.63) is 46.6 Å². The van der Waals surface area contributed by atoms with Crippen molar-refractivity contribution in [2.24, 2.45) is 0 Å². The van der Waals surface area contributed by atoms with Crippen LogP contribution in [0.25, 0.3) is 10.2 Å². The van der Waals surface area contributed by atoms with Crippen molar-refractivity contribution in [1.29, 1.82) is 0 Å². The predicted molar refractivity (Wildman–Crippen MR) is 86.3 cm³/mol. The van der Waals surface area contributed by atoms with E-state index >= 15 is 0 Å². The van der Waals surface area contributed by atoms with E-state index in [9.17, 15) is 14.0 Å². The van der Waals surface area contributed by atoms with E-state index in [1.807, 2.05) is 6.92 Å². The molecular weight excluding hydrogens is 319 g/mol. The number of hydrogen-bond acceptors (Lipinski definition) is 4. The second kappa shape index (κ2) is 6.17. The summed E-state index contributed by atoms with van der Waals surface area (Å²) in [6.07, 6.45) is 0. The maximum Gasteiger partial charge on any atom is 0.261 e. The van der Waals surface area contributed by atoms with Gasteiger partial charge < -0.3 is 10.6 Å². The SMILES string of the molecule is CCNC(=O)c1cc2c(NC(=O)c3ccc(F)cc3)[nH]nc2s1. The summed E-state index contributed by atoms with van der Waals surface area (Å²) in [6, 6.07) is 6.90. The minimum atomic E-state index is -0.408. The summed E-state index contributed by atoms with van der Waals surface area (Å²) in [5, 5.41) is 12.9. The van der Waals surface area contributed by atoms with E-state index in [1.165, 1.54) is 35.6 Å². The number of aromatic nitrogens is 2. The lowest BCUT2D eigenvalue weighted by Crippen LogP contribution is -2.21. The summed E-state index contributed by atoms with van der Waals surface area (Å²) in [4.78, 5) is 25.1. The monoisotopic (exact) mass is 332 g/mol. The number of benzene rings is 1. The summed E-state index contributed by atoms with van der Waals surface area (Å²) in [5.74, 6) is -0.566. The summed E-state index contributed by atoms with van der Waals surface area (Å²) >= 11 is 1.24. The second-order valence-corrected chi connectivity index (χ2v) is 5.78. The summed E-state index contributed by atoms with van der Waals surface area (Å²) in [6.45, 7) is 2.38. The van der Waals surface area contributed by atoms with Gasteiger partial charge in [-0.3, -0.25) is 14.7 Å². The van der Waals surface area contributed by atoms with Crippen molar-refractivity contribution in [1.82, 2.24) is 15.5 Å². The third kappa shape index (κ3) is 3.07. The second-order valence-electron chi connectivity index (χ2n) is 4.75.